The summed E-state index contributed by atoms with van der Waals surface area (Å²) >= 11 is 0. The lowest BCUT2D eigenvalue weighted by molar-refractivity contribution is 0.0583. The molecule has 1 fully saturated rings. The molecule has 1 aromatic rings. The number of nitrogens with two attached hydrogens (primary N) is 1. The largest absolute Gasteiger partial charge is 0.464 e. The quantitative estimate of drug-likeness (QED) is 0.816. The first-order chi connectivity index (χ1) is 8.26. The molecular formula is C13H20N2O2. The number of aromatic nitrogens is 1. The van der Waals surface area contributed by atoms with Gasteiger partial charge in [0.1, 0.15) is 5.69 Å². The van der Waals surface area contributed by atoms with Gasteiger partial charge < -0.3 is 15.0 Å². The van der Waals surface area contributed by atoms with Gasteiger partial charge >= 0.3 is 5.97 Å². The van der Waals surface area contributed by atoms with Crippen LogP contribution in [-0.2, 0) is 4.74 Å². The minimum absolute atomic E-state index is 0.254. The highest BCUT2D eigenvalue weighted by Gasteiger charge is 2.24. The van der Waals surface area contributed by atoms with Crippen molar-refractivity contribution in [3.63, 3.8) is 0 Å². The Bertz CT molecular complexity index is 379. The smallest absolute Gasteiger partial charge is 0.354 e. The fraction of sp³-hybridized carbons (Fsp3) is 0.615. The second kappa shape index (κ2) is 5.36. The molecule has 0 aromatic carbocycles. The number of esters is 1. The topological polar surface area (TPSA) is 57.2 Å². The van der Waals surface area contributed by atoms with E-state index in [4.69, 9.17) is 10.5 Å². The van der Waals surface area contributed by atoms with Gasteiger partial charge in [0.15, 0.2) is 0 Å². The van der Waals surface area contributed by atoms with Crippen LogP contribution in [0.1, 0.15) is 42.2 Å². The van der Waals surface area contributed by atoms with Crippen LogP contribution in [0.2, 0.25) is 0 Å². The Kier molecular flexibility index (Phi) is 3.84. The Morgan fingerprint density at radius 2 is 2.18 bits per heavy atom. The van der Waals surface area contributed by atoms with Crippen molar-refractivity contribution in [2.75, 3.05) is 13.7 Å². The van der Waals surface area contributed by atoms with E-state index in [2.05, 4.69) is 4.57 Å². The van der Waals surface area contributed by atoms with Crippen LogP contribution in [0.5, 0.6) is 0 Å². The zero-order valence-corrected chi connectivity index (χ0v) is 10.3. The summed E-state index contributed by atoms with van der Waals surface area (Å²) in [6.07, 6.45) is 6.47. The molecule has 1 saturated carbocycles. The number of hydrogen-bond donors (Lipinski definition) is 1. The van der Waals surface area contributed by atoms with E-state index in [1.54, 1.807) is 0 Å². The Labute approximate surface area is 102 Å². The molecule has 0 aliphatic heterocycles. The van der Waals surface area contributed by atoms with Gasteiger partial charge in [0.2, 0.25) is 0 Å². The zero-order chi connectivity index (χ0) is 12.3. The predicted molar refractivity (Wildman–Crippen MR) is 65.8 cm³/mol. The van der Waals surface area contributed by atoms with E-state index in [1.165, 1.54) is 7.11 Å². The molecule has 2 N–H and O–H groups in total. The standard InChI is InChI=1S/C13H20N2O2/c1-17-13(16)12-3-2-8-15(12)11-6-4-10(9-14)5-7-11/h2-3,8,10-11H,4-7,9,14H2,1H3. The summed E-state index contributed by atoms with van der Waals surface area (Å²) in [4.78, 5) is 11.6. The highest BCUT2D eigenvalue weighted by Crippen LogP contribution is 2.32. The summed E-state index contributed by atoms with van der Waals surface area (Å²) in [7, 11) is 1.42. The molecule has 4 heteroatoms. The first-order valence-electron chi connectivity index (χ1n) is 6.21. The molecule has 4 nitrogen and oxygen atoms in total. The highest BCUT2D eigenvalue weighted by molar-refractivity contribution is 5.87. The molecule has 0 saturated heterocycles. The van der Waals surface area contributed by atoms with E-state index in [-0.39, 0.29) is 5.97 Å². The van der Waals surface area contributed by atoms with Gasteiger partial charge in [0.05, 0.1) is 7.11 Å². The highest BCUT2D eigenvalue weighted by atomic mass is 16.5. The molecule has 0 atom stereocenters. The van der Waals surface area contributed by atoms with Gasteiger partial charge in [-0.1, -0.05) is 0 Å². The SMILES string of the molecule is COC(=O)c1cccn1C1CCC(CN)CC1. The van der Waals surface area contributed by atoms with E-state index < -0.39 is 0 Å². The lowest BCUT2D eigenvalue weighted by Crippen LogP contribution is -2.24. The molecule has 1 aromatic heterocycles. The molecule has 1 aliphatic carbocycles. The maximum absolute atomic E-state index is 11.6. The third-order valence-corrected chi connectivity index (χ3v) is 3.72. The number of carbonyl (C=O) groups is 1. The second-order valence-corrected chi connectivity index (χ2v) is 4.70. The van der Waals surface area contributed by atoms with Gasteiger partial charge in [-0.05, 0) is 50.3 Å². The second-order valence-electron chi connectivity index (χ2n) is 4.70. The summed E-state index contributed by atoms with van der Waals surface area (Å²) in [5, 5.41) is 0. The molecule has 0 bridgehead atoms. The summed E-state index contributed by atoms with van der Waals surface area (Å²) in [6.45, 7) is 0.780. The third kappa shape index (κ3) is 2.52. The molecular weight excluding hydrogens is 216 g/mol. The lowest BCUT2D eigenvalue weighted by Gasteiger charge is -2.29. The number of hydrogen-bond acceptors (Lipinski definition) is 3. The first kappa shape index (κ1) is 12.2. The molecule has 1 aliphatic rings. The third-order valence-electron chi connectivity index (χ3n) is 3.72. The van der Waals surface area contributed by atoms with Crippen molar-refractivity contribution in [3.05, 3.63) is 24.0 Å². The van der Waals surface area contributed by atoms with Crippen molar-refractivity contribution >= 4 is 5.97 Å². The molecule has 0 radical (unpaired) electrons. The van der Waals surface area contributed by atoms with Crippen molar-refractivity contribution in [1.29, 1.82) is 0 Å². The van der Waals surface area contributed by atoms with Crippen LogP contribution < -0.4 is 5.73 Å². The molecule has 1 heterocycles. The Morgan fingerprint density at radius 3 is 2.76 bits per heavy atom. The summed E-state index contributed by atoms with van der Waals surface area (Å²) in [5.74, 6) is 0.402. The monoisotopic (exact) mass is 236 g/mol. The van der Waals surface area contributed by atoms with Gasteiger partial charge in [-0.15, -0.1) is 0 Å². The van der Waals surface area contributed by atoms with E-state index in [9.17, 15) is 4.79 Å². The van der Waals surface area contributed by atoms with E-state index >= 15 is 0 Å². The Hall–Kier alpha value is -1.29. The molecule has 2 rings (SSSR count). The number of carbonyl (C=O) groups excluding carboxylic acids is 1. The van der Waals surface area contributed by atoms with Crippen molar-refractivity contribution in [2.24, 2.45) is 11.7 Å². The van der Waals surface area contributed by atoms with Gasteiger partial charge in [0, 0.05) is 12.2 Å². The van der Waals surface area contributed by atoms with E-state index in [1.807, 2.05) is 18.3 Å². The van der Waals surface area contributed by atoms with Crippen LogP contribution >= 0.6 is 0 Å². The number of ether oxygens (including phenoxy) is 1. The van der Waals surface area contributed by atoms with Crippen molar-refractivity contribution < 1.29 is 9.53 Å². The average Bonchev–Trinajstić information content (AvgIpc) is 2.87. The number of methoxy groups -OCH3 is 1. The lowest BCUT2D eigenvalue weighted by atomic mass is 9.86. The predicted octanol–water partition coefficient (Wildman–Crippen LogP) is 1.96. The van der Waals surface area contributed by atoms with Crippen LogP contribution in [0.15, 0.2) is 18.3 Å². The Morgan fingerprint density at radius 1 is 1.47 bits per heavy atom. The number of rotatable bonds is 3. The molecule has 0 unspecified atom stereocenters. The molecule has 17 heavy (non-hydrogen) atoms. The van der Waals surface area contributed by atoms with Crippen LogP contribution in [0.4, 0.5) is 0 Å². The first-order valence-corrected chi connectivity index (χ1v) is 6.21. The number of nitrogens with zero attached hydrogens (tertiary/aromatic N) is 1. The normalized spacial score (nSPS) is 24.6. The summed E-state index contributed by atoms with van der Waals surface area (Å²) in [5.41, 5.74) is 6.34. The minimum Gasteiger partial charge on any atom is -0.464 e. The fourth-order valence-electron chi connectivity index (χ4n) is 2.65. The van der Waals surface area contributed by atoms with Crippen molar-refractivity contribution in [1.82, 2.24) is 4.57 Å². The van der Waals surface area contributed by atoms with Gasteiger partial charge in [-0.3, -0.25) is 0 Å². The maximum atomic E-state index is 11.6. The van der Waals surface area contributed by atoms with Gasteiger partial charge in [0.25, 0.3) is 0 Å². The van der Waals surface area contributed by atoms with Crippen LogP contribution in [-0.4, -0.2) is 24.2 Å². The van der Waals surface area contributed by atoms with E-state index in [0.29, 0.717) is 17.7 Å². The van der Waals surface area contributed by atoms with Crippen molar-refractivity contribution in [3.8, 4) is 0 Å². The zero-order valence-electron chi connectivity index (χ0n) is 10.3. The molecule has 94 valence electrons. The Balaban J connectivity index is 2.08. The summed E-state index contributed by atoms with van der Waals surface area (Å²) in [6, 6.07) is 4.14. The van der Waals surface area contributed by atoms with Crippen LogP contribution in [0.3, 0.4) is 0 Å². The van der Waals surface area contributed by atoms with E-state index in [0.717, 1.165) is 32.2 Å². The minimum atomic E-state index is -0.254. The summed E-state index contributed by atoms with van der Waals surface area (Å²) < 4.78 is 6.84. The molecule has 0 amide bonds. The van der Waals surface area contributed by atoms with Gasteiger partial charge in [-0.25, -0.2) is 4.79 Å². The van der Waals surface area contributed by atoms with Crippen molar-refractivity contribution in [2.45, 2.75) is 31.7 Å². The molecule has 0 spiro atoms. The average molecular weight is 236 g/mol. The fourth-order valence-corrected chi connectivity index (χ4v) is 2.65. The maximum Gasteiger partial charge on any atom is 0.354 e. The van der Waals surface area contributed by atoms with Gasteiger partial charge in [-0.2, -0.15) is 0 Å². The van der Waals surface area contributed by atoms with Crippen LogP contribution in [0, 0.1) is 5.92 Å². The van der Waals surface area contributed by atoms with Crippen LogP contribution in [0.25, 0.3) is 0 Å².